The van der Waals surface area contributed by atoms with Crippen molar-refractivity contribution >= 4 is 41.2 Å². The van der Waals surface area contributed by atoms with Gasteiger partial charge in [0.15, 0.2) is 5.57 Å². The predicted molar refractivity (Wildman–Crippen MR) is 113 cm³/mol. The first-order valence-corrected chi connectivity index (χ1v) is 10.5. The molecule has 1 amide bonds. The SMILES string of the molecule is CCOC(=O)C(=CSNc1ccc(F)c(N2CCN(C(C)=O)CC2)c1)C(=O)OCC. The number of hydrogen-bond donors (Lipinski definition) is 1. The van der Waals surface area contributed by atoms with Crippen molar-refractivity contribution in [2.24, 2.45) is 0 Å². The summed E-state index contributed by atoms with van der Waals surface area (Å²) in [5.41, 5.74) is 0.788. The van der Waals surface area contributed by atoms with Gasteiger partial charge in [-0.15, -0.1) is 0 Å². The lowest BCUT2D eigenvalue weighted by molar-refractivity contribution is -0.146. The van der Waals surface area contributed by atoms with Gasteiger partial charge >= 0.3 is 11.9 Å². The van der Waals surface area contributed by atoms with E-state index in [4.69, 9.17) is 9.47 Å². The van der Waals surface area contributed by atoms with Crippen molar-refractivity contribution in [3.8, 4) is 0 Å². The summed E-state index contributed by atoms with van der Waals surface area (Å²) in [6.07, 6.45) is 0. The molecule has 1 heterocycles. The Morgan fingerprint density at radius 2 is 1.70 bits per heavy atom. The topological polar surface area (TPSA) is 88.2 Å². The summed E-state index contributed by atoms with van der Waals surface area (Å²) in [5, 5.41) is 1.31. The standard InChI is InChI=1S/C20H26FN3O5S/c1-4-28-19(26)16(20(27)29-5-2)13-30-22-15-6-7-17(21)18(12-15)24-10-8-23(9-11-24)14(3)25/h6-7,12-13,22H,4-5,8-11H2,1-3H3. The van der Waals surface area contributed by atoms with Crippen molar-refractivity contribution < 1.29 is 28.2 Å². The van der Waals surface area contributed by atoms with E-state index in [1.807, 2.05) is 4.90 Å². The van der Waals surface area contributed by atoms with Gasteiger partial charge in [0.2, 0.25) is 5.91 Å². The summed E-state index contributed by atoms with van der Waals surface area (Å²) < 4.78 is 27.1. The molecule has 1 aliphatic rings. The number of carbonyl (C=O) groups excluding carboxylic acids is 3. The Kier molecular flexibility index (Phi) is 8.97. The van der Waals surface area contributed by atoms with Crippen LogP contribution < -0.4 is 9.62 Å². The molecule has 8 nitrogen and oxygen atoms in total. The van der Waals surface area contributed by atoms with Crippen LogP contribution in [0.1, 0.15) is 20.8 Å². The Hall–Kier alpha value is -2.75. The van der Waals surface area contributed by atoms with E-state index < -0.39 is 11.9 Å². The zero-order valence-corrected chi connectivity index (χ0v) is 18.1. The highest BCUT2D eigenvalue weighted by Gasteiger charge is 2.22. The van der Waals surface area contributed by atoms with Gasteiger partial charge in [-0.2, -0.15) is 0 Å². The van der Waals surface area contributed by atoms with Crippen molar-refractivity contribution in [1.29, 1.82) is 0 Å². The molecule has 1 aliphatic heterocycles. The second kappa shape index (κ2) is 11.4. The maximum absolute atomic E-state index is 14.4. The van der Waals surface area contributed by atoms with E-state index in [0.717, 1.165) is 11.9 Å². The van der Waals surface area contributed by atoms with Crippen LogP contribution in [0, 0.1) is 5.82 Å². The highest BCUT2D eigenvalue weighted by atomic mass is 32.2. The molecule has 0 atom stereocenters. The third-order valence-electron chi connectivity index (χ3n) is 4.36. The van der Waals surface area contributed by atoms with Gasteiger partial charge in [0, 0.05) is 44.2 Å². The average Bonchev–Trinajstić information content (AvgIpc) is 2.72. The monoisotopic (exact) mass is 439 g/mol. The number of rotatable bonds is 8. The van der Waals surface area contributed by atoms with Gasteiger partial charge in [-0.25, -0.2) is 14.0 Å². The number of halogens is 1. The molecule has 1 fully saturated rings. The number of benzene rings is 1. The van der Waals surface area contributed by atoms with E-state index >= 15 is 0 Å². The molecule has 2 rings (SSSR count). The molecule has 0 bridgehead atoms. The molecule has 1 saturated heterocycles. The van der Waals surface area contributed by atoms with E-state index in [1.165, 1.54) is 18.4 Å². The molecule has 0 radical (unpaired) electrons. The zero-order valence-electron chi connectivity index (χ0n) is 17.3. The number of anilines is 2. The zero-order chi connectivity index (χ0) is 22.1. The Labute approximate surface area is 179 Å². The maximum atomic E-state index is 14.4. The van der Waals surface area contributed by atoms with E-state index in [-0.39, 0.29) is 30.5 Å². The highest BCUT2D eigenvalue weighted by Crippen LogP contribution is 2.26. The molecule has 0 aromatic heterocycles. The van der Waals surface area contributed by atoms with Gasteiger partial charge in [-0.1, -0.05) is 0 Å². The van der Waals surface area contributed by atoms with Crippen LogP contribution in [0.2, 0.25) is 0 Å². The van der Waals surface area contributed by atoms with Gasteiger partial charge in [-0.05, 0) is 44.0 Å². The lowest BCUT2D eigenvalue weighted by Crippen LogP contribution is -2.48. The number of ether oxygens (including phenoxy) is 2. The van der Waals surface area contributed by atoms with Gasteiger partial charge in [-0.3, -0.25) is 4.79 Å². The summed E-state index contributed by atoms with van der Waals surface area (Å²) in [5.74, 6) is -1.90. The van der Waals surface area contributed by atoms with Gasteiger partial charge in [0.1, 0.15) is 5.82 Å². The molecule has 30 heavy (non-hydrogen) atoms. The fraction of sp³-hybridized carbons (Fsp3) is 0.450. The van der Waals surface area contributed by atoms with Gasteiger partial charge in [0.05, 0.1) is 18.9 Å². The van der Waals surface area contributed by atoms with Gasteiger partial charge < -0.3 is 24.0 Å². The molecular formula is C20H26FN3O5S. The molecule has 0 spiro atoms. The van der Waals surface area contributed by atoms with Crippen LogP contribution >= 0.6 is 11.9 Å². The fourth-order valence-corrected chi connectivity index (χ4v) is 3.47. The van der Waals surface area contributed by atoms with Crippen molar-refractivity contribution in [2.75, 3.05) is 49.0 Å². The number of amides is 1. The van der Waals surface area contributed by atoms with E-state index in [0.29, 0.717) is 37.6 Å². The molecule has 1 aromatic rings. The normalized spacial score (nSPS) is 13.5. The first-order valence-electron chi connectivity index (χ1n) is 9.63. The van der Waals surface area contributed by atoms with Crippen molar-refractivity contribution in [3.05, 3.63) is 35.0 Å². The average molecular weight is 440 g/mol. The minimum Gasteiger partial charge on any atom is -0.462 e. The van der Waals surface area contributed by atoms with Crippen LogP contribution in [0.4, 0.5) is 15.8 Å². The lowest BCUT2D eigenvalue weighted by Gasteiger charge is -2.35. The first-order chi connectivity index (χ1) is 14.4. The Morgan fingerprint density at radius 3 is 2.23 bits per heavy atom. The van der Waals surface area contributed by atoms with Crippen LogP contribution in [0.25, 0.3) is 0 Å². The number of hydrogen-bond acceptors (Lipinski definition) is 8. The third-order valence-corrected chi connectivity index (χ3v) is 5.06. The molecule has 1 aromatic carbocycles. The number of esters is 2. The third kappa shape index (κ3) is 6.38. The number of carbonyl (C=O) groups is 3. The Balaban J connectivity index is 2.07. The van der Waals surface area contributed by atoms with Crippen LogP contribution in [-0.4, -0.2) is 62.1 Å². The molecular weight excluding hydrogens is 413 g/mol. The molecule has 1 N–H and O–H groups in total. The second-order valence-electron chi connectivity index (χ2n) is 6.35. The Bertz CT molecular complexity index is 790. The highest BCUT2D eigenvalue weighted by molar-refractivity contribution is 8.03. The fourth-order valence-electron chi connectivity index (χ4n) is 2.83. The Morgan fingerprint density at radius 1 is 1.10 bits per heavy atom. The van der Waals surface area contributed by atoms with Crippen LogP contribution in [0.15, 0.2) is 29.2 Å². The molecule has 0 saturated carbocycles. The number of nitrogens with zero attached hydrogens (tertiary/aromatic N) is 2. The van der Waals surface area contributed by atoms with Crippen LogP contribution in [-0.2, 0) is 23.9 Å². The smallest absolute Gasteiger partial charge is 0.346 e. The van der Waals surface area contributed by atoms with Crippen molar-refractivity contribution in [3.63, 3.8) is 0 Å². The van der Waals surface area contributed by atoms with Crippen molar-refractivity contribution in [1.82, 2.24) is 4.90 Å². The molecule has 0 aliphatic carbocycles. The quantitative estimate of drug-likeness (QED) is 0.217. The van der Waals surface area contributed by atoms with Crippen LogP contribution in [0.5, 0.6) is 0 Å². The van der Waals surface area contributed by atoms with E-state index in [1.54, 1.807) is 30.9 Å². The van der Waals surface area contributed by atoms with E-state index in [9.17, 15) is 18.8 Å². The summed E-state index contributed by atoms with van der Waals surface area (Å²) in [4.78, 5) is 39.0. The molecule has 10 heteroatoms. The van der Waals surface area contributed by atoms with Gasteiger partial charge in [0.25, 0.3) is 0 Å². The second-order valence-corrected chi connectivity index (χ2v) is 7.03. The molecule has 164 valence electrons. The predicted octanol–water partition coefficient (Wildman–Crippen LogP) is 2.56. The number of piperazine rings is 1. The largest absolute Gasteiger partial charge is 0.462 e. The molecule has 0 unspecified atom stereocenters. The summed E-state index contributed by atoms with van der Waals surface area (Å²) >= 11 is 0.981. The summed E-state index contributed by atoms with van der Waals surface area (Å²) in [6, 6.07) is 4.55. The summed E-state index contributed by atoms with van der Waals surface area (Å²) in [7, 11) is 0. The maximum Gasteiger partial charge on any atom is 0.346 e. The first kappa shape index (κ1) is 23.5. The number of nitrogens with one attached hydrogen (secondary N) is 1. The van der Waals surface area contributed by atoms with Crippen molar-refractivity contribution in [2.45, 2.75) is 20.8 Å². The lowest BCUT2D eigenvalue weighted by atomic mass is 10.2. The van der Waals surface area contributed by atoms with E-state index in [2.05, 4.69) is 4.72 Å². The summed E-state index contributed by atoms with van der Waals surface area (Å²) in [6.45, 7) is 7.19. The minimum atomic E-state index is -0.770. The van der Waals surface area contributed by atoms with Crippen LogP contribution in [0.3, 0.4) is 0 Å². The minimum absolute atomic E-state index is 0.00716.